The first kappa shape index (κ1) is 18.8. The summed E-state index contributed by atoms with van der Waals surface area (Å²) in [5, 5.41) is 51.7. The second-order valence-corrected chi connectivity index (χ2v) is 6.98. The summed E-state index contributed by atoms with van der Waals surface area (Å²) in [4.78, 5) is 12.8. The third-order valence-electron chi connectivity index (χ3n) is 5.49. The molecule has 0 aromatic heterocycles. The standard InChI is InChI=1S/C20H22O7/c1-6-7(2)13(21)8(3)15(23)11(6)20-18(26)17(25)12-16(24)9(4)14(22)10(5)19(12)27-20/h18,20-24,26H,1-5H3. The molecule has 144 valence electrons. The van der Waals surface area contributed by atoms with Gasteiger partial charge in [0, 0.05) is 22.3 Å². The van der Waals surface area contributed by atoms with Crippen molar-refractivity contribution in [2.24, 2.45) is 0 Å². The maximum absolute atomic E-state index is 12.8. The Kier molecular flexibility index (Phi) is 4.23. The van der Waals surface area contributed by atoms with Gasteiger partial charge in [0.2, 0.25) is 5.78 Å². The van der Waals surface area contributed by atoms with Crippen molar-refractivity contribution in [1.29, 1.82) is 0 Å². The SMILES string of the molecule is Cc1c(C)c(C2Oc3c(C)c(O)c(C)c(O)c3C(=O)C2O)c(O)c(C)c1O. The molecule has 0 bridgehead atoms. The second-order valence-electron chi connectivity index (χ2n) is 6.98. The second kappa shape index (κ2) is 6.06. The van der Waals surface area contributed by atoms with Crippen molar-refractivity contribution in [3.8, 4) is 28.7 Å². The molecule has 2 aromatic rings. The van der Waals surface area contributed by atoms with Gasteiger partial charge >= 0.3 is 0 Å². The van der Waals surface area contributed by atoms with Crippen LogP contribution in [0, 0.1) is 34.6 Å². The molecule has 1 aliphatic heterocycles. The molecule has 0 radical (unpaired) electrons. The molecule has 0 saturated carbocycles. The lowest BCUT2D eigenvalue weighted by molar-refractivity contribution is 0.0196. The Balaban J connectivity index is 2.29. The Hall–Kier alpha value is -2.93. The van der Waals surface area contributed by atoms with E-state index in [1.807, 2.05) is 0 Å². The van der Waals surface area contributed by atoms with Crippen LogP contribution in [0.15, 0.2) is 0 Å². The number of carbonyl (C=O) groups excluding carboxylic acids is 1. The van der Waals surface area contributed by atoms with E-state index in [1.165, 1.54) is 20.8 Å². The zero-order valence-corrected chi connectivity index (χ0v) is 15.7. The van der Waals surface area contributed by atoms with E-state index in [9.17, 15) is 30.3 Å². The zero-order chi connectivity index (χ0) is 20.4. The zero-order valence-electron chi connectivity index (χ0n) is 15.7. The number of phenols is 4. The third-order valence-corrected chi connectivity index (χ3v) is 5.49. The van der Waals surface area contributed by atoms with E-state index in [-0.39, 0.29) is 50.8 Å². The summed E-state index contributed by atoms with van der Waals surface area (Å²) in [7, 11) is 0. The van der Waals surface area contributed by atoms with Crippen LogP contribution in [0.5, 0.6) is 28.7 Å². The Bertz CT molecular complexity index is 962. The molecule has 2 aromatic carbocycles. The molecule has 0 amide bonds. The Morgan fingerprint density at radius 1 is 0.704 bits per heavy atom. The molecule has 0 spiro atoms. The minimum absolute atomic E-state index is 0.0434. The van der Waals surface area contributed by atoms with Crippen molar-refractivity contribution in [3.05, 3.63) is 38.9 Å². The van der Waals surface area contributed by atoms with E-state index < -0.39 is 23.7 Å². The molecule has 0 fully saturated rings. The summed E-state index contributed by atoms with van der Waals surface area (Å²) in [5.74, 6) is -1.84. The molecular weight excluding hydrogens is 352 g/mol. The molecule has 7 heteroatoms. The monoisotopic (exact) mass is 374 g/mol. The number of hydrogen-bond acceptors (Lipinski definition) is 7. The minimum Gasteiger partial charge on any atom is -0.507 e. The number of Topliss-reactive ketones (excluding diaryl/α,β-unsaturated/α-hetero) is 1. The fourth-order valence-electron chi connectivity index (χ4n) is 3.55. The quantitative estimate of drug-likeness (QED) is 0.519. The van der Waals surface area contributed by atoms with Crippen molar-refractivity contribution in [3.63, 3.8) is 0 Å². The molecular formula is C20H22O7. The van der Waals surface area contributed by atoms with Crippen LogP contribution in [0.3, 0.4) is 0 Å². The molecule has 2 unspecified atom stereocenters. The smallest absolute Gasteiger partial charge is 0.202 e. The van der Waals surface area contributed by atoms with Gasteiger partial charge in [-0.1, -0.05) is 0 Å². The normalized spacial score (nSPS) is 19.0. The highest BCUT2D eigenvalue weighted by atomic mass is 16.5. The molecule has 0 aliphatic carbocycles. The predicted molar refractivity (Wildman–Crippen MR) is 96.9 cm³/mol. The van der Waals surface area contributed by atoms with Gasteiger partial charge in [0.05, 0.1) is 0 Å². The third kappa shape index (κ3) is 2.42. The molecule has 7 nitrogen and oxygen atoms in total. The minimum atomic E-state index is -1.68. The summed E-state index contributed by atoms with van der Waals surface area (Å²) in [5.41, 5.74) is 1.49. The number of hydrogen-bond donors (Lipinski definition) is 5. The first-order valence-corrected chi connectivity index (χ1v) is 8.46. The number of aliphatic hydroxyl groups excluding tert-OH is 1. The lowest BCUT2D eigenvalue weighted by Crippen LogP contribution is -2.37. The van der Waals surface area contributed by atoms with Gasteiger partial charge in [0.15, 0.2) is 12.2 Å². The van der Waals surface area contributed by atoms with Crippen LogP contribution in [0.4, 0.5) is 0 Å². The van der Waals surface area contributed by atoms with E-state index in [1.54, 1.807) is 13.8 Å². The molecule has 27 heavy (non-hydrogen) atoms. The number of ether oxygens (including phenoxy) is 1. The van der Waals surface area contributed by atoms with Gasteiger partial charge in [0.1, 0.15) is 34.3 Å². The Labute approximate surface area is 156 Å². The van der Waals surface area contributed by atoms with Gasteiger partial charge in [-0.15, -0.1) is 0 Å². The summed E-state index contributed by atoms with van der Waals surface area (Å²) in [6.07, 6.45) is -2.94. The average Bonchev–Trinajstić information content (AvgIpc) is 2.64. The number of phenolic OH excluding ortho intramolecular Hbond substituents is 4. The highest BCUT2D eigenvalue weighted by Gasteiger charge is 2.43. The van der Waals surface area contributed by atoms with Gasteiger partial charge < -0.3 is 30.3 Å². The van der Waals surface area contributed by atoms with Gasteiger partial charge in [-0.05, 0) is 45.7 Å². The first-order chi connectivity index (χ1) is 12.5. The summed E-state index contributed by atoms with van der Waals surface area (Å²) in [6.45, 7) is 7.78. The molecule has 3 rings (SSSR count). The van der Waals surface area contributed by atoms with Crippen LogP contribution in [0.2, 0.25) is 0 Å². The lowest BCUT2D eigenvalue weighted by Gasteiger charge is -2.33. The summed E-state index contributed by atoms with van der Waals surface area (Å²) >= 11 is 0. The molecule has 5 N–H and O–H groups in total. The highest BCUT2D eigenvalue weighted by Crippen LogP contribution is 2.50. The van der Waals surface area contributed by atoms with Crippen LogP contribution < -0.4 is 4.74 Å². The van der Waals surface area contributed by atoms with Crippen molar-refractivity contribution in [2.45, 2.75) is 46.8 Å². The van der Waals surface area contributed by atoms with Gasteiger partial charge in [-0.2, -0.15) is 0 Å². The first-order valence-electron chi connectivity index (χ1n) is 8.46. The number of aliphatic hydroxyl groups is 1. The van der Waals surface area contributed by atoms with E-state index >= 15 is 0 Å². The van der Waals surface area contributed by atoms with Gasteiger partial charge in [0.25, 0.3) is 0 Å². The van der Waals surface area contributed by atoms with Crippen LogP contribution in [0.1, 0.15) is 49.8 Å². The highest BCUT2D eigenvalue weighted by molar-refractivity contribution is 6.06. The van der Waals surface area contributed by atoms with Crippen molar-refractivity contribution in [1.82, 2.24) is 0 Å². The molecule has 1 heterocycles. The lowest BCUT2D eigenvalue weighted by atomic mass is 9.86. The summed E-state index contributed by atoms with van der Waals surface area (Å²) in [6, 6.07) is 0. The summed E-state index contributed by atoms with van der Waals surface area (Å²) < 4.78 is 5.83. The van der Waals surface area contributed by atoms with Crippen LogP contribution >= 0.6 is 0 Å². The Morgan fingerprint density at radius 2 is 1.22 bits per heavy atom. The van der Waals surface area contributed by atoms with Gasteiger partial charge in [-0.3, -0.25) is 4.79 Å². The maximum Gasteiger partial charge on any atom is 0.202 e. The average molecular weight is 374 g/mol. The number of fused-ring (bicyclic) bond motifs is 1. The number of rotatable bonds is 1. The van der Waals surface area contributed by atoms with Gasteiger partial charge in [-0.25, -0.2) is 0 Å². The molecule has 1 aliphatic rings. The fourth-order valence-corrected chi connectivity index (χ4v) is 3.55. The van der Waals surface area contributed by atoms with Crippen molar-refractivity contribution >= 4 is 5.78 Å². The van der Waals surface area contributed by atoms with Crippen molar-refractivity contribution < 1.29 is 35.1 Å². The van der Waals surface area contributed by atoms with E-state index in [0.717, 1.165) is 0 Å². The molecule has 0 saturated heterocycles. The number of ketones is 1. The van der Waals surface area contributed by atoms with Crippen molar-refractivity contribution in [2.75, 3.05) is 0 Å². The fraction of sp³-hybridized carbons (Fsp3) is 0.350. The van der Waals surface area contributed by atoms with E-state index in [4.69, 9.17) is 4.74 Å². The predicted octanol–water partition coefficient (Wildman–Crippen LogP) is 2.73. The number of benzene rings is 2. The van der Waals surface area contributed by atoms with Crippen LogP contribution in [0.25, 0.3) is 0 Å². The van der Waals surface area contributed by atoms with E-state index in [2.05, 4.69) is 0 Å². The number of aromatic hydroxyl groups is 4. The maximum atomic E-state index is 12.8. The largest absolute Gasteiger partial charge is 0.507 e. The van der Waals surface area contributed by atoms with E-state index in [0.29, 0.717) is 11.1 Å². The van der Waals surface area contributed by atoms with Crippen LogP contribution in [-0.4, -0.2) is 37.4 Å². The topological polar surface area (TPSA) is 127 Å². The molecule has 2 atom stereocenters. The Morgan fingerprint density at radius 3 is 1.81 bits per heavy atom. The number of carbonyl (C=O) groups is 1. The van der Waals surface area contributed by atoms with Crippen LogP contribution in [-0.2, 0) is 0 Å².